The van der Waals surface area contributed by atoms with E-state index in [2.05, 4.69) is 0 Å². The Morgan fingerprint density at radius 1 is 1.20 bits per heavy atom. The van der Waals surface area contributed by atoms with Gasteiger partial charge < -0.3 is 13.9 Å². The number of hydrogen-bond acceptors (Lipinski definition) is 3. The fraction of sp³-hybridized carbons (Fsp3) is 1.00. The topological polar surface area (TPSA) is 27.7 Å². The Morgan fingerprint density at radius 2 is 1.70 bits per heavy atom. The normalized spacial score (nSPS) is 12.0. The van der Waals surface area contributed by atoms with E-state index < -0.39 is 16.2 Å². The quantitative estimate of drug-likeness (QED) is 0.422. The minimum Gasteiger partial charge on any atom is -0.379 e. The minimum atomic E-state index is -0.424. The summed E-state index contributed by atoms with van der Waals surface area (Å²) in [7, 11) is -0.424. The average Bonchev–Trinajstić information content (AvgIpc) is 1.90. The zero-order chi connectivity index (χ0) is 7.82. The molecule has 0 N–H and O–H groups in total. The third-order valence-corrected chi connectivity index (χ3v) is 1.51. The standard InChI is InChI=1S/C6H16O3Si/c1-4-7-6(8-5-2)9-10-3/h6H,4-5,10H2,1-3H3. The van der Waals surface area contributed by atoms with Gasteiger partial charge in [0.15, 0.2) is 9.76 Å². The van der Waals surface area contributed by atoms with Gasteiger partial charge in [-0.3, -0.25) is 0 Å². The Bertz CT molecular complexity index is 55.7. The molecule has 0 aromatic rings. The summed E-state index contributed by atoms with van der Waals surface area (Å²) in [6, 6.07) is 0. The summed E-state index contributed by atoms with van der Waals surface area (Å²) in [5, 5.41) is 0. The smallest absolute Gasteiger partial charge is 0.261 e. The van der Waals surface area contributed by atoms with E-state index in [0.717, 1.165) is 0 Å². The monoisotopic (exact) mass is 164 g/mol. The second kappa shape index (κ2) is 7.21. The molecule has 0 aromatic heterocycles. The Labute approximate surface area is 64.6 Å². The molecule has 0 saturated heterocycles. The molecule has 0 spiro atoms. The molecule has 0 heterocycles. The van der Waals surface area contributed by atoms with E-state index in [1.165, 1.54) is 0 Å². The van der Waals surface area contributed by atoms with Crippen LogP contribution in [0.2, 0.25) is 6.55 Å². The van der Waals surface area contributed by atoms with Gasteiger partial charge in [0.1, 0.15) is 0 Å². The summed E-state index contributed by atoms with van der Waals surface area (Å²) in [4.78, 5) is 0. The highest BCUT2D eigenvalue weighted by molar-refractivity contribution is 6.24. The van der Waals surface area contributed by atoms with Gasteiger partial charge in [0.2, 0.25) is 0 Å². The van der Waals surface area contributed by atoms with Crippen molar-refractivity contribution >= 4 is 9.76 Å². The van der Waals surface area contributed by atoms with Crippen LogP contribution in [0.5, 0.6) is 0 Å². The van der Waals surface area contributed by atoms with Crippen molar-refractivity contribution in [1.82, 2.24) is 0 Å². The van der Waals surface area contributed by atoms with E-state index in [0.29, 0.717) is 13.2 Å². The molecule has 0 radical (unpaired) electrons. The third kappa shape index (κ3) is 4.93. The molecular weight excluding hydrogens is 148 g/mol. The van der Waals surface area contributed by atoms with Crippen LogP contribution in [0.25, 0.3) is 0 Å². The molecule has 0 atom stereocenters. The molecule has 0 aliphatic rings. The van der Waals surface area contributed by atoms with Crippen LogP contribution in [0.3, 0.4) is 0 Å². The van der Waals surface area contributed by atoms with Crippen molar-refractivity contribution < 1.29 is 13.9 Å². The van der Waals surface area contributed by atoms with Crippen LogP contribution < -0.4 is 0 Å². The zero-order valence-corrected chi connectivity index (χ0v) is 8.34. The van der Waals surface area contributed by atoms with Crippen molar-refractivity contribution in [3.8, 4) is 0 Å². The summed E-state index contributed by atoms with van der Waals surface area (Å²) in [5.74, 6) is 0. The van der Waals surface area contributed by atoms with Gasteiger partial charge in [0.25, 0.3) is 6.48 Å². The largest absolute Gasteiger partial charge is 0.379 e. The van der Waals surface area contributed by atoms with Crippen molar-refractivity contribution in [2.24, 2.45) is 0 Å². The molecular formula is C6H16O3Si. The van der Waals surface area contributed by atoms with Crippen molar-refractivity contribution in [3.05, 3.63) is 0 Å². The van der Waals surface area contributed by atoms with Crippen molar-refractivity contribution in [2.75, 3.05) is 13.2 Å². The van der Waals surface area contributed by atoms with Gasteiger partial charge in [0, 0.05) is 13.2 Å². The molecule has 0 aromatic carbocycles. The first kappa shape index (κ1) is 10.1. The molecule has 3 nitrogen and oxygen atoms in total. The van der Waals surface area contributed by atoms with Crippen LogP contribution in [0.4, 0.5) is 0 Å². The van der Waals surface area contributed by atoms with Gasteiger partial charge >= 0.3 is 0 Å². The Hall–Kier alpha value is 0.0969. The molecule has 0 rings (SSSR count). The van der Waals surface area contributed by atoms with Crippen LogP contribution in [-0.2, 0) is 13.9 Å². The predicted molar refractivity (Wildman–Crippen MR) is 42.5 cm³/mol. The third-order valence-electron chi connectivity index (χ3n) is 0.908. The van der Waals surface area contributed by atoms with Gasteiger partial charge in [-0.2, -0.15) is 0 Å². The van der Waals surface area contributed by atoms with Gasteiger partial charge in [-0.1, -0.05) is 6.55 Å². The molecule has 0 fully saturated rings. The SMILES string of the molecule is CCOC(OCC)O[SiH2]C. The lowest BCUT2D eigenvalue weighted by Gasteiger charge is -2.15. The first-order valence-electron chi connectivity index (χ1n) is 3.69. The van der Waals surface area contributed by atoms with Crippen LogP contribution in [0, 0.1) is 0 Å². The van der Waals surface area contributed by atoms with Crippen molar-refractivity contribution in [3.63, 3.8) is 0 Å². The lowest BCUT2D eigenvalue weighted by Crippen LogP contribution is -2.21. The maximum absolute atomic E-state index is 5.22. The molecule has 0 saturated carbocycles. The first-order chi connectivity index (χ1) is 4.85. The summed E-state index contributed by atoms with van der Waals surface area (Å²) in [6.07, 6.45) is 0. The van der Waals surface area contributed by atoms with E-state index in [1.807, 2.05) is 20.4 Å². The van der Waals surface area contributed by atoms with Gasteiger partial charge in [-0.15, -0.1) is 0 Å². The summed E-state index contributed by atoms with van der Waals surface area (Å²) in [5.41, 5.74) is 0. The summed E-state index contributed by atoms with van der Waals surface area (Å²) >= 11 is 0. The highest BCUT2D eigenvalue weighted by Crippen LogP contribution is 1.95. The Balaban J connectivity index is 3.30. The van der Waals surface area contributed by atoms with E-state index in [9.17, 15) is 0 Å². The second-order valence-electron chi connectivity index (χ2n) is 1.65. The van der Waals surface area contributed by atoms with E-state index in [4.69, 9.17) is 13.9 Å². The molecule has 4 heteroatoms. The predicted octanol–water partition coefficient (Wildman–Crippen LogP) is 0.491. The molecule has 0 unspecified atom stereocenters. The maximum atomic E-state index is 5.22. The van der Waals surface area contributed by atoms with E-state index in [-0.39, 0.29) is 0 Å². The highest BCUT2D eigenvalue weighted by Gasteiger charge is 2.04. The lowest BCUT2D eigenvalue weighted by atomic mass is 10.8. The van der Waals surface area contributed by atoms with Gasteiger partial charge in [-0.05, 0) is 13.8 Å². The van der Waals surface area contributed by atoms with Crippen LogP contribution in [-0.4, -0.2) is 29.5 Å². The highest BCUT2D eigenvalue weighted by atomic mass is 28.2. The molecule has 62 valence electrons. The fourth-order valence-electron chi connectivity index (χ4n) is 0.553. The fourth-order valence-corrected chi connectivity index (χ4v) is 1.02. The number of rotatable bonds is 6. The molecule has 0 aliphatic heterocycles. The zero-order valence-electron chi connectivity index (χ0n) is 6.92. The number of ether oxygens (including phenoxy) is 2. The average molecular weight is 164 g/mol. The number of hydrogen-bond donors (Lipinski definition) is 0. The first-order valence-corrected chi connectivity index (χ1v) is 5.69. The Kier molecular flexibility index (Phi) is 7.28. The summed E-state index contributed by atoms with van der Waals surface area (Å²) < 4.78 is 15.4. The lowest BCUT2D eigenvalue weighted by molar-refractivity contribution is -0.243. The minimum absolute atomic E-state index is 0.410. The summed E-state index contributed by atoms with van der Waals surface area (Å²) in [6.45, 7) is 6.76. The van der Waals surface area contributed by atoms with E-state index in [1.54, 1.807) is 0 Å². The van der Waals surface area contributed by atoms with E-state index >= 15 is 0 Å². The van der Waals surface area contributed by atoms with Crippen LogP contribution >= 0.6 is 0 Å². The van der Waals surface area contributed by atoms with Crippen LogP contribution in [0.15, 0.2) is 0 Å². The second-order valence-corrected chi connectivity index (χ2v) is 2.57. The van der Waals surface area contributed by atoms with Crippen molar-refractivity contribution in [1.29, 1.82) is 0 Å². The molecule has 0 amide bonds. The van der Waals surface area contributed by atoms with Crippen LogP contribution in [0.1, 0.15) is 13.8 Å². The molecule has 0 bridgehead atoms. The van der Waals surface area contributed by atoms with Gasteiger partial charge in [-0.25, -0.2) is 0 Å². The van der Waals surface area contributed by atoms with Crippen molar-refractivity contribution in [2.45, 2.75) is 26.9 Å². The maximum Gasteiger partial charge on any atom is 0.261 e. The Morgan fingerprint density at radius 3 is 2.00 bits per heavy atom. The molecule has 0 aliphatic carbocycles. The van der Waals surface area contributed by atoms with Gasteiger partial charge in [0.05, 0.1) is 0 Å². The molecule has 10 heavy (non-hydrogen) atoms.